The van der Waals surface area contributed by atoms with Crippen LogP contribution in [-0.4, -0.2) is 30.2 Å². The molecular formula is C18H28N2O2. The molecule has 1 unspecified atom stereocenters. The van der Waals surface area contributed by atoms with Crippen LogP contribution in [0.2, 0.25) is 0 Å². The molecule has 0 radical (unpaired) electrons. The summed E-state index contributed by atoms with van der Waals surface area (Å²) in [5.74, 6) is 0.0683. The van der Waals surface area contributed by atoms with Crippen LogP contribution in [0.25, 0.3) is 0 Å². The average Bonchev–Trinajstić information content (AvgIpc) is 2.58. The first-order valence-electron chi connectivity index (χ1n) is 8.33. The zero-order valence-corrected chi connectivity index (χ0v) is 13.7. The van der Waals surface area contributed by atoms with E-state index in [9.17, 15) is 9.90 Å². The number of carbonyl (C=O) groups excluding carboxylic acids is 1. The first-order chi connectivity index (χ1) is 10.6. The fourth-order valence-electron chi connectivity index (χ4n) is 3.22. The highest BCUT2D eigenvalue weighted by atomic mass is 16.3. The summed E-state index contributed by atoms with van der Waals surface area (Å²) in [4.78, 5) is 12.5. The van der Waals surface area contributed by atoms with Crippen molar-refractivity contribution in [2.75, 3.05) is 13.2 Å². The maximum Gasteiger partial charge on any atom is 0.237 e. The second-order valence-electron chi connectivity index (χ2n) is 6.30. The summed E-state index contributed by atoms with van der Waals surface area (Å²) >= 11 is 0. The average molecular weight is 304 g/mol. The Hall–Kier alpha value is -1.39. The molecule has 2 rings (SSSR count). The van der Waals surface area contributed by atoms with E-state index in [4.69, 9.17) is 0 Å². The maximum atomic E-state index is 12.5. The Bertz CT molecular complexity index is 498. The van der Waals surface area contributed by atoms with Crippen molar-refractivity contribution in [3.05, 3.63) is 35.4 Å². The van der Waals surface area contributed by atoms with Crippen molar-refractivity contribution in [3.8, 4) is 0 Å². The van der Waals surface area contributed by atoms with Crippen molar-refractivity contribution in [2.24, 2.45) is 5.41 Å². The number of benzene rings is 1. The van der Waals surface area contributed by atoms with Crippen LogP contribution in [0.4, 0.5) is 0 Å². The summed E-state index contributed by atoms with van der Waals surface area (Å²) in [5, 5.41) is 15.7. The zero-order valence-electron chi connectivity index (χ0n) is 13.7. The molecule has 0 aromatic heterocycles. The minimum Gasteiger partial charge on any atom is -0.396 e. The molecule has 1 aliphatic rings. The van der Waals surface area contributed by atoms with Crippen molar-refractivity contribution < 1.29 is 9.90 Å². The smallest absolute Gasteiger partial charge is 0.237 e. The topological polar surface area (TPSA) is 61.4 Å². The lowest BCUT2D eigenvalue weighted by molar-refractivity contribution is -0.124. The number of carbonyl (C=O) groups is 1. The highest BCUT2D eigenvalue weighted by Crippen LogP contribution is 2.29. The van der Waals surface area contributed by atoms with E-state index >= 15 is 0 Å². The summed E-state index contributed by atoms with van der Waals surface area (Å²) in [6, 6.07) is 8.11. The molecule has 0 aliphatic carbocycles. The highest BCUT2D eigenvalue weighted by Gasteiger charge is 2.29. The van der Waals surface area contributed by atoms with E-state index in [1.54, 1.807) is 0 Å². The molecule has 4 nitrogen and oxygen atoms in total. The molecule has 1 aromatic rings. The first-order valence-corrected chi connectivity index (χ1v) is 8.33. The molecule has 1 aromatic carbocycles. The zero-order chi connectivity index (χ0) is 16.0. The van der Waals surface area contributed by atoms with Crippen LogP contribution in [0, 0.1) is 5.41 Å². The molecule has 0 fully saturated rings. The number of aliphatic hydroxyl groups excluding tert-OH is 1. The monoisotopic (exact) mass is 304 g/mol. The molecule has 1 aliphatic heterocycles. The van der Waals surface area contributed by atoms with Gasteiger partial charge in [-0.15, -0.1) is 0 Å². The third-order valence-corrected chi connectivity index (χ3v) is 5.18. The van der Waals surface area contributed by atoms with Crippen molar-refractivity contribution in [1.29, 1.82) is 0 Å². The number of hydrogen-bond donors (Lipinski definition) is 3. The molecule has 1 atom stereocenters. The van der Waals surface area contributed by atoms with Gasteiger partial charge in [0.05, 0.1) is 6.04 Å². The Morgan fingerprint density at radius 1 is 1.32 bits per heavy atom. The summed E-state index contributed by atoms with van der Waals surface area (Å²) in [7, 11) is 0. The number of nitrogens with one attached hydrogen (secondary N) is 2. The summed E-state index contributed by atoms with van der Waals surface area (Å²) in [5.41, 5.74) is 2.55. The van der Waals surface area contributed by atoms with Crippen molar-refractivity contribution >= 4 is 5.91 Å². The number of fused-ring (bicyclic) bond motifs is 1. The second-order valence-corrected chi connectivity index (χ2v) is 6.30. The molecule has 1 heterocycles. The summed E-state index contributed by atoms with van der Waals surface area (Å²) < 4.78 is 0. The Morgan fingerprint density at radius 2 is 2.00 bits per heavy atom. The number of rotatable bonds is 7. The Morgan fingerprint density at radius 3 is 2.64 bits per heavy atom. The molecule has 1 amide bonds. The predicted octanol–water partition coefficient (Wildman–Crippen LogP) is 2.01. The Balaban J connectivity index is 1.93. The summed E-state index contributed by atoms with van der Waals surface area (Å²) in [6.07, 6.45) is 3.41. The quantitative estimate of drug-likeness (QED) is 0.722. The molecular weight excluding hydrogens is 276 g/mol. The van der Waals surface area contributed by atoms with Crippen LogP contribution < -0.4 is 10.6 Å². The molecule has 0 saturated heterocycles. The van der Waals surface area contributed by atoms with Crippen LogP contribution in [0.3, 0.4) is 0 Å². The highest BCUT2D eigenvalue weighted by molar-refractivity contribution is 5.82. The van der Waals surface area contributed by atoms with E-state index in [1.165, 1.54) is 11.1 Å². The molecule has 4 heteroatoms. The molecule has 0 saturated carbocycles. The van der Waals surface area contributed by atoms with Crippen molar-refractivity contribution in [2.45, 2.75) is 52.1 Å². The minimum atomic E-state index is -0.157. The van der Waals surface area contributed by atoms with Gasteiger partial charge < -0.3 is 15.7 Å². The standard InChI is InChI=1S/C18H28N2O2/c1-3-18(4-2,9-10-21)13-20-17(22)16-11-14-7-5-6-8-15(14)12-19-16/h5-8,16,19,21H,3-4,9-13H2,1-2H3,(H,20,22). The normalized spacial score (nSPS) is 17.9. The number of aliphatic hydroxyl groups is 1. The summed E-state index contributed by atoms with van der Waals surface area (Å²) in [6.45, 7) is 5.81. The van der Waals surface area contributed by atoms with E-state index in [-0.39, 0.29) is 24.0 Å². The van der Waals surface area contributed by atoms with E-state index in [1.807, 2.05) is 12.1 Å². The van der Waals surface area contributed by atoms with Crippen molar-refractivity contribution in [3.63, 3.8) is 0 Å². The predicted molar refractivity (Wildman–Crippen MR) is 88.5 cm³/mol. The van der Waals surface area contributed by atoms with Gasteiger partial charge in [-0.2, -0.15) is 0 Å². The maximum absolute atomic E-state index is 12.5. The van der Waals surface area contributed by atoms with Gasteiger partial charge in [-0.3, -0.25) is 4.79 Å². The van der Waals surface area contributed by atoms with Crippen LogP contribution in [0.5, 0.6) is 0 Å². The molecule has 0 spiro atoms. The fourth-order valence-corrected chi connectivity index (χ4v) is 3.22. The molecule has 0 bridgehead atoms. The van der Waals surface area contributed by atoms with E-state index < -0.39 is 0 Å². The number of amides is 1. The van der Waals surface area contributed by atoms with Crippen LogP contribution in [-0.2, 0) is 17.8 Å². The van der Waals surface area contributed by atoms with Gasteiger partial charge >= 0.3 is 0 Å². The lowest BCUT2D eigenvalue weighted by Gasteiger charge is -2.33. The second kappa shape index (κ2) is 7.75. The lowest BCUT2D eigenvalue weighted by atomic mass is 9.79. The fraction of sp³-hybridized carbons (Fsp3) is 0.611. The van der Waals surface area contributed by atoms with Gasteiger partial charge in [0.25, 0.3) is 0 Å². The van der Waals surface area contributed by atoms with Gasteiger partial charge in [0.2, 0.25) is 5.91 Å². The SMILES string of the molecule is CCC(CC)(CCO)CNC(=O)C1Cc2ccccc2CN1. The third kappa shape index (κ3) is 3.87. The van der Waals surface area contributed by atoms with E-state index in [2.05, 4.69) is 36.6 Å². The number of hydrogen-bond acceptors (Lipinski definition) is 3. The Kier molecular flexibility index (Phi) is 5.98. The van der Waals surface area contributed by atoms with Crippen LogP contribution in [0.15, 0.2) is 24.3 Å². The van der Waals surface area contributed by atoms with Gasteiger partial charge in [0.1, 0.15) is 0 Å². The minimum absolute atomic E-state index is 0.0109. The van der Waals surface area contributed by atoms with Gasteiger partial charge in [-0.1, -0.05) is 38.1 Å². The van der Waals surface area contributed by atoms with Crippen LogP contribution in [0.1, 0.15) is 44.2 Å². The Labute approximate surface area is 133 Å². The molecule has 3 N–H and O–H groups in total. The van der Waals surface area contributed by atoms with Gasteiger partial charge in [0.15, 0.2) is 0 Å². The largest absolute Gasteiger partial charge is 0.396 e. The molecule has 122 valence electrons. The van der Waals surface area contributed by atoms with E-state index in [0.29, 0.717) is 6.54 Å². The molecule has 22 heavy (non-hydrogen) atoms. The first kappa shape index (κ1) is 17.0. The van der Waals surface area contributed by atoms with E-state index in [0.717, 1.165) is 32.2 Å². The lowest BCUT2D eigenvalue weighted by Crippen LogP contribution is -2.50. The van der Waals surface area contributed by atoms with Gasteiger partial charge in [-0.25, -0.2) is 0 Å². The van der Waals surface area contributed by atoms with Crippen molar-refractivity contribution in [1.82, 2.24) is 10.6 Å². The van der Waals surface area contributed by atoms with Gasteiger partial charge in [-0.05, 0) is 42.2 Å². The third-order valence-electron chi connectivity index (χ3n) is 5.18. The van der Waals surface area contributed by atoms with Crippen LogP contribution >= 0.6 is 0 Å². The van der Waals surface area contributed by atoms with Gasteiger partial charge in [0, 0.05) is 19.7 Å².